The molecule has 1 aromatic rings. The smallest absolute Gasteiger partial charge is 0.310 e. The summed E-state index contributed by atoms with van der Waals surface area (Å²) in [5.41, 5.74) is -0.0432. The van der Waals surface area contributed by atoms with Crippen LogP contribution in [0.25, 0.3) is 0 Å². The molecule has 1 aliphatic rings. The van der Waals surface area contributed by atoms with Crippen LogP contribution in [0, 0.1) is 11.3 Å². The molecule has 0 saturated heterocycles. The number of esters is 1. The van der Waals surface area contributed by atoms with Crippen LogP contribution < -0.4 is 5.32 Å². The van der Waals surface area contributed by atoms with Gasteiger partial charge in [-0.3, -0.25) is 9.59 Å². The number of benzene rings is 1. The molecule has 0 heterocycles. The number of ether oxygens (including phenoxy) is 1. The summed E-state index contributed by atoms with van der Waals surface area (Å²) in [6.07, 6.45) is 4.29. The summed E-state index contributed by atoms with van der Waals surface area (Å²) in [6.45, 7) is -0.365. The monoisotopic (exact) mass is 334 g/mol. The maximum atomic E-state index is 11.9. The van der Waals surface area contributed by atoms with Gasteiger partial charge in [0.25, 0.3) is 5.91 Å². The van der Waals surface area contributed by atoms with Gasteiger partial charge in [-0.1, -0.05) is 43.0 Å². The van der Waals surface area contributed by atoms with Crippen molar-refractivity contribution < 1.29 is 14.3 Å². The number of carbonyl (C=O) groups excluding carboxylic acids is 2. The summed E-state index contributed by atoms with van der Waals surface area (Å²) in [6, 6.07) is 9.04. The van der Waals surface area contributed by atoms with Crippen molar-refractivity contribution in [3.8, 4) is 6.07 Å². The molecule has 0 atom stereocenters. The third-order valence-electron chi connectivity index (χ3n) is 3.93. The Hall–Kier alpha value is -2.06. The summed E-state index contributed by atoms with van der Waals surface area (Å²) in [5, 5.41) is 12.6. The molecular weight excluding hydrogens is 316 g/mol. The van der Waals surface area contributed by atoms with Crippen molar-refractivity contribution in [3.63, 3.8) is 0 Å². The maximum Gasteiger partial charge on any atom is 0.310 e. The van der Waals surface area contributed by atoms with E-state index < -0.39 is 17.4 Å². The van der Waals surface area contributed by atoms with Gasteiger partial charge in [-0.05, 0) is 30.5 Å². The number of nitriles is 1. The van der Waals surface area contributed by atoms with Gasteiger partial charge in [-0.15, -0.1) is 0 Å². The highest BCUT2D eigenvalue weighted by Gasteiger charge is 2.33. The molecule has 0 bridgehead atoms. The first-order chi connectivity index (χ1) is 11.0. The zero-order valence-corrected chi connectivity index (χ0v) is 13.6. The fourth-order valence-corrected chi connectivity index (χ4v) is 2.82. The summed E-state index contributed by atoms with van der Waals surface area (Å²) >= 11 is 5.77. The summed E-state index contributed by atoms with van der Waals surface area (Å²) in [5.74, 6) is -0.921. The predicted octanol–water partition coefficient (Wildman–Crippen LogP) is 2.77. The minimum atomic E-state index is -0.808. The molecule has 1 N–H and O–H groups in total. The van der Waals surface area contributed by atoms with Crippen LogP contribution in [-0.4, -0.2) is 24.0 Å². The second-order valence-electron chi connectivity index (χ2n) is 5.77. The summed E-state index contributed by atoms with van der Waals surface area (Å²) in [4.78, 5) is 23.7. The van der Waals surface area contributed by atoms with Crippen LogP contribution in [0.1, 0.15) is 37.7 Å². The van der Waals surface area contributed by atoms with Crippen molar-refractivity contribution in [2.75, 3.05) is 6.61 Å². The van der Waals surface area contributed by atoms with E-state index in [2.05, 4.69) is 11.4 Å². The molecule has 0 aliphatic heterocycles. The van der Waals surface area contributed by atoms with E-state index in [0.717, 1.165) is 24.8 Å². The molecule has 0 aromatic heterocycles. The average Bonchev–Trinajstić information content (AvgIpc) is 2.56. The van der Waals surface area contributed by atoms with Gasteiger partial charge in [0, 0.05) is 5.02 Å². The van der Waals surface area contributed by atoms with Crippen LogP contribution in [0.15, 0.2) is 24.3 Å². The standard InChI is InChI=1S/C17H19ClN2O3/c18-14-6-4-13(5-7-14)10-16(22)23-11-15(21)20-17(12-19)8-2-1-3-9-17/h4-7H,1-3,8-11H2,(H,20,21). The molecule has 1 saturated carbocycles. The van der Waals surface area contributed by atoms with Crippen LogP contribution in [0.2, 0.25) is 5.02 Å². The van der Waals surface area contributed by atoms with Crippen LogP contribution in [0.4, 0.5) is 0 Å². The van der Waals surface area contributed by atoms with Gasteiger partial charge in [0.15, 0.2) is 6.61 Å². The van der Waals surface area contributed by atoms with Crippen molar-refractivity contribution in [2.24, 2.45) is 0 Å². The lowest BCUT2D eigenvalue weighted by Crippen LogP contribution is -2.50. The molecule has 122 valence electrons. The summed E-state index contributed by atoms with van der Waals surface area (Å²) < 4.78 is 4.98. The highest BCUT2D eigenvalue weighted by molar-refractivity contribution is 6.30. The van der Waals surface area contributed by atoms with Crippen molar-refractivity contribution in [3.05, 3.63) is 34.9 Å². The maximum absolute atomic E-state index is 11.9. The lowest BCUT2D eigenvalue weighted by atomic mass is 9.83. The quantitative estimate of drug-likeness (QED) is 0.840. The fourth-order valence-electron chi connectivity index (χ4n) is 2.69. The first-order valence-electron chi connectivity index (χ1n) is 7.65. The van der Waals surface area contributed by atoms with Crippen LogP contribution in [-0.2, 0) is 20.7 Å². The molecule has 0 radical (unpaired) electrons. The highest BCUT2D eigenvalue weighted by Crippen LogP contribution is 2.27. The minimum Gasteiger partial charge on any atom is -0.455 e. The summed E-state index contributed by atoms with van der Waals surface area (Å²) in [7, 11) is 0. The van der Waals surface area contributed by atoms with E-state index >= 15 is 0 Å². The van der Waals surface area contributed by atoms with Gasteiger partial charge < -0.3 is 10.1 Å². The Labute approximate surface area is 140 Å². The highest BCUT2D eigenvalue weighted by atomic mass is 35.5. The van der Waals surface area contributed by atoms with Crippen LogP contribution >= 0.6 is 11.6 Å². The Balaban J connectivity index is 1.78. The molecular formula is C17H19ClN2O3. The van der Waals surface area contributed by atoms with Crippen LogP contribution in [0.3, 0.4) is 0 Å². The van der Waals surface area contributed by atoms with E-state index in [1.165, 1.54) is 0 Å². The number of nitrogens with zero attached hydrogens (tertiary/aromatic N) is 1. The molecule has 1 aliphatic carbocycles. The third-order valence-corrected chi connectivity index (χ3v) is 4.18. The minimum absolute atomic E-state index is 0.0772. The third kappa shape index (κ3) is 5.26. The normalized spacial score (nSPS) is 16.2. The lowest BCUT2D eigenvalue weighted by Gasteiger charge is -2.31. The van der Waals surface area contributed by atoms with Gasteiger partial charge in [0.05, 0.1) is 12.5 Å². The second kappa shape index (κ2) is 7.98. The molecule has 1 fully saturated rings. The van der Waals surface area contributed by atoms with Gasteiger partial charge in [0.1, 0.15) is 5.54 Å². The molecule has 2 rings (SSSR count). The number of hydrogen-bond acceptors (Lipinski definition) is 4. The predicted molar refractivity (Wildman–Crippen MR) is 85.7 cm³/mol. The topological polar surface area (TPSA) is 79.2 Å². The Bertz CT molecular complexity index is 601. The zero-order chi connectivity index (χ0) is 16.7. The van der Waals surface area contributed by atoms with Gasteiger partial charge in [0.2, 0.25) is 0 Å². The Morgan fingerprint density at radius 3 is 2.48 bits per heavy atom. The SMILES string of the molecule is N#CC1(NC(=O)COC(=O)Cc2ccc(Cl)cc2)CCCCC1. The first kappa shape index (κ1) is 17.3. The van der Waals surface area contributed by atoms with E-state index in [1.54, 1.807) is 24.3 Å². The second-order valence-corrected chi connectivity index (χ2v) is 6.20. The number of halogens is 1. The average molecular weight is 335 g/mol. The van der Waals surface area contributed by atoms with E-state index in [9.17, 15) is 14.9 Å². The Kier molecular flexibility index (Phi) is 6.00. The lowest BCUT2D eigenvalue weighted by molar-refractivity contribution is -0.148. The molecule has 6 heteroatoms. The van der Waals surface area contributed by atoms with E-state index in [4.69, 9.17) is 16.3 Å². The molecule has 0 unspecified atom stereocenters. The number of hydrogen-bond donors (Lipinski definition) is 1. The number of rotatable bonds is 5. The molecule has 0 spiro atoms. The van der Waals surface area contributed by atoms with Gasteiger partial charge in [-0.2, -0.15) is 5.26 Å². The number of nitrogens with one attached hydrogen (secondary N) is 1. The zero-order valence-electron chi connectivity index (χ0n) is 12.8. The Morgan fingerprint density at radius 2 is 1.87 bits per heavy atom. The molecule has 1 amide bonds. The first-order valence-corrected chi connectivity index (χ1v) is 8.03. The largest absolute Gasteiger partial charge is 0.455 e. The van der Waals surface area contributed by atoms with Crippen LogP contribution in [0.5, 0.6) is 0 Å². The van der Waals surface area contributed by atoms with Crippen molar-refractivity contribution >= 4 is 23.5 Å². The molecule has 23 heavy (non-hydrogen) atoms. The van der Waals surface area contributed by atoms with Crippen molar-refractivity contribution in [2.45, 2.75) is 44.1 Å². The number of amides is 1. The van der Waals surface area contributed by atoms with E-state index in [1.807, 2.05) is 0 Å². The van der Waals surface area contributed by atoms with Gasteiger partial charge in [-0.25, -0.2) is 0 Å². The Morgan fingerprint density at radius 1 is 1.22 bits per heavy atom. The van der Waals surface area contributed by atoms with Crippen molar-refractivity contribution in [1.29, 1.82) is 5.26 Å². The van der Waals surface area contributed by atoms with Gasteiger partial charge >= 0.3 is 5.97 Å². The molecule has 1 aromatic carbocycles. The van der Waals surface area contributed by atoms with E-state index in [0.29, 0.717) is 17.9 Å². The fraction of sp³-hybridized carbons (Fsp3) is 0.471. The molecule has 5 nitrogen and oxygen atoms in total. The number of carbonyl (C=O) groups is 2. The van der Waals surface area contributed by atoms with E-state index in [-0.39, 0.29) is 13.0 Å². The van der Waals surface area contributed by atoms with Crippen molar-refractivity contribution in [1.82, 2.24) is 5.32 Å².